The highest BCUT2D eigenvalue weighted by molar-refractivity contribution is 8.12. The largest absolute Gasteiger partial charge is 0.192 e. The van der Waals surface area contributed by atoms with Gasteiger partial charge in [0.25, 0.3) is 0 Å². The zero-order valence-corrected chi connectivity index (χ0v) is 10.3. The van der Waals surface area contributed by atoms with Crippen LogP contribution >= 0.6 is 33.4 Å². The van der Waals surface area contributed by atoms with Crippen molar-refractivity contribution < 1.29 is 0 Å². The van der Waals surface area contributed by atoms with Crippen LogP contribution in [0.1, 0.15) is 5.56 Å². The van der Waals surface area contributed by atoms with Gasteiger partial charge in [0.15, 0.2) is 0 Å². The van der Waals surface area contributed by atoms with E-state index in [0.717, 1.165) is 10.1 Å². The second kappa shape index (κ2) is 4.05. The Kier molecular flexibility index (Phi) is 2.96. The number of fused-ring (bicyclic) bond motifs is 1. The lowest BCUT2D eigenvalue weighted by atomic mass is 10.2. The van der Waals surface area contributed by atoms with Gasteiger partial charge in [-0.05, 0) is 35.4 Å². The van der Waals surface area contributed by atoms with E-state index in [9.17, 15) is 0 Å². The minimum atomic E-state index is 0.218. The molecule has 0 amide bonds. The molecule has 1 aromatic carbocycles. The standard InChI is InChI=1S/C11H11ClS2/c1-14(2)7-8-3-4-10-9(5-8)6-11(12)13-10/h3-6H,1,7H2,2H3. The molecule has 0 bridgehead atoms. The van der Waals surface area contributed by atoms with Crippen LogP contribution in [0.5, 0.6) is 0 Å². The molecule has 0 aliphatic rings. The molecule has 3 heteroatoms. The number of benzene rings is 1. The molecule has 0 saturated carbocycles. The first kappa shape index (κ1) is 10.2. The van der Waals surface area contributed by atoms with Crippen molar-refractivity contribution in [2.45, 2.75) is 5.75 Å². The van der Waals surface area contributed by atoms with Crippen molar-refractivity contribution in [3.63, 3.8) is 0 Å². The number of rotatable bonds is 2. The Balaban J connectivity index is 2.45. The SMILES string of the molecule is C=S(C)Cc1ccc2sc(Cl)cc2c1. The molecule has 0 spiro atoms. The van der Waals surface area contributed by atoms with Gasteiger partial charge in [-0.1, -0.05) is 23.5 Å². The summed E-state index contributed by atoms with van der Waals surface area (Å²) in [5.41, 5.74) is 1.35. The van der Waals surface area contributed by atoms with E-state index in [1.165, 1.54) is 15.6 Å². The molecule has 0 fully saturated rings. The zero-order valence-electron chi connectivity index (χ0n) is 7.92. The van der Waals surface area contributed by atoms with E-state index >= 15 is 0 Å². The van der Waals surface area contributed by atoms with Gasteiger partial charge in [-0.25, -0.2) is 0 Å². The number of hydrogen-bond donors (Lipinski definition) is 0. The van der Waals surface area contributed by atoms with Gasteiger partial charge in [-0.2, -0.15) is 10.5 Å². The van der Waals surface area contributed by atoms with Crippen molar-refractivity contribution in [3.8, 4) is 0 Å². The van der Waals surface area contributed by atoms with Crippen LogP contribution in [-0.2, 0) is 5.75 Å². The molecule has 0 aliphatic heterocycles. The summed E-state index contributed by atoms with van der Waals surface area (Å²) in [5, 5.41) is 1.25. The first-order chi connectivity index (χ1) is 6.65. The van der Waals surface area contributed by atoms with Crippen molar-refractivity contribution in [2.75, 3.05) is 6.26 Å². The molecule has 0 radical (unpaired) electrons. The lowest BCUT2D eigenvalue weighted by molar-refractivity contribution is 1.45. The fourth-order valence-electron chi connectivity index (χ4n) is 1.43. The van der Waals surface area contributed by atoms with Crippen molar-refractivity contribution in [2.24, 2.45) is 0 Å². The van der Waals surface area contributed by atoms with E-state index in [2.05, 4.69) is 30.3 Å². The highest BCUT2D eigenvalue weighted by Crippen LogP contribution is 2.30. The molecule has 2 rings (SSSR count). The van der Waals surface area contributed by atoms with Gasteiger partial charge in [0.1, 0.15) is 0 Å². The van der Waals surface area contributed by atoms with Crippen molar-refractivity contribution in [1.82, 2.24) is 0 Å². The van der Waals surface area contributed by atoms with Gasteiger partial charge in [0.05, 0.1) is 4.34 Å². The first-order valence-electron chi connectivity index (χ1n) is 4.25. The topological polar surface area (TPSA) is 0 Å². The third-order valence-electron chi connectivity index (χ3n) is 1.96. The van der Waals surface area contributed by atoms with E-state index in [0.29, 0.717) is 0 Å². The average Bonchev–Trinajstić information content (AvgIpc) is 2.42. The molecular formula is C11H11ClS2. The molecule has 0 N–H and O–H groups in total. The molecule has 1 unspecified atom stereocenters. The Labute approximate surface area is 95.4 Å². The fourth-order valence-corrected chi connectivity index (χ4v) is 3.32. The van der Waals surface area contributed by atoms with Crippen molar-refractivity contribution >= 4 is 49.4 Å². The maximum atomic E-state index is 5.95. The summed E-state index contributed by atoms with van der Waals surface area (Å²) in [6.07, 6.45) is 2.16. The molecule has 0 aliphatic carbocycles. The lowest BCUT2D eigenvalue weighted by Crippen LogP contribution is -1.79. The summed E-state index contributed by atoms with van der Waals surface area (Å²) < 4.78 is 2.13. The average molecular weight is 243 g/mol. The van der Waals surface area contributed by atoms with Crippen LogP contribution in [0.15, 0.2) is 24.3 Å². The van der Waals surface area contributed by atoms with E-state index < -0.39 is 0 Å². The third kappa shape index (κ3) is 2.19. The molecule has 0 saturated heterocycles. The van der Waals surface area contributed by atoms with Gasteiger partial charge in [-0.3, -0.25) is 0 Å². The maximum absolute atomic E-state index is 5.95. The maximum Gasteiger partial charge on any atom is 0.0940 e. The molecule has 74 valence electrons. The molecular weight excluding hydrogens is 232 g/mol. The van der Waals surface area contributed by atoms with Crippen molar-refractivity contribution in [3.05, 3.63) is 34.2 Å². The van der Waals surface area contributed by atoms with Gasteiger partial charge >= 0.3 is 0 Å². The molecule has 1 aromatic heterocycles. The minimum Gasteiger partial charge on any atom is -0.192 e. The van der Waals surface area contributed by atoms with Crippen LogP contribution in [0.25, 0.3) is 10.1 Å². The third-order valence-corrected chi connectivity index (χ3v) is 4.03. The Morgan fingerprint density at radius 3 is 2.93 bits per heavy atom. The Morgan fingerprint density at radius 2 is 2.21 bits per heavy atom. The highest BCUT2D eigenvalue weighted by atomic mass is 35.5. The van der Waals surface area contributed by atoms with Crippen LogP contribution in [0.2, 0.25) is 4.34 Å². The summed E-state index contributed by atoms with van der Waals surface area (Å²) in [6, 6.07) is 8.56. The lowest BCUT2D eigenvalue weighted by Gasteiger charge is -2.01. The minimum absolute atomic E-state index is 0.218. The van der Waals surface area contributed by atoms with Gasteiger partial charge in [0, 0.05) is 10.5 Å². The summed E-state index contributed by atoms with van der Waals surface area (Å²) >= 11 is 7.58. The highest BCUT2D eigenvalue weighted by Gasteiger charge is 2.00. The van der Waals surface area contributed by atoms with Crippen LogP contribution in [-0.4, -0.2) is 12.1 Å². The summed E-state index contributed by atoms with van der Waals surface area (Å²) in [4.78, 5) is 0. The number of halogens is 1. The second-order valence-electron chi connectivity index (χ2n) is 3.35. The van der Waals surface area contributed by atoms with E-state index in [1.54, 1.807) is 11.3 Å². The quantitative estimate of drug-likeness (QED) is 0.686. The number of thiophene rings is 1. The molecule has 14 heavy (non-hydrogen) atoms. The summed E-state index contributed by atoms with van der Waals surface area (Å²) in [6.45, 7) is 0. The Hall–Kier alpha value is -0.310. The van der Waals surface area contributed by atoms with Gasteiger partial charge in [-0.15, -0.1) is 11.3 Å². The van der Waals surface area contributed by atoms with Crippen molar-refractivity contribution in [1.29, 1.82) is 0 Å². The normalized spacial score (nSPS) is 13.3. The van der Waals surface area contributed by atoms with Crippen LogP contribution in [0, 0.1) is 0 Å². The predicted octanol–water partition coefficient (Wildman–Crippen LogP) is 4.39. The zero-order chi connectivity index (χ0) is 10.1. The summed E-state index contributed by atoms with van der Waals surface area (Å²) in [5.74, 6) is 5.08. The molecule has 0 nitrogen and oxygen atoms in total. The summed E-state index contributed by atoms with van der Waals surface area (Å²) in [7, 11) is 0.218. The number of hydrogen-bond acceptors (Lipinski definition) is 1. The molecule has 1 heterocycles. The van der Waals surface area contributed by atoms with E-state index in [1.807, 2.05) is 6.07 Å². The van der Waals surface area contributed by atoms with E-state index in [4.69, 9.17) is 11.6 Å². The molecule has 1 atom stereocenters. The predicted molar refractivity (Wildman–Crippen MR) is 71.2 cm³/mol. The Bertz CT molecular complexity index is 485. The smallest absolute Gasteiger partial charge is 0.0940 e. The van der Waals surface area contributed by atoms with E-state index in [-0.39, 0.29) is 10.5 Å². The van der Waals surface area contributed by atoms with Crippen LogP contribution in [0.3, 0.4) is 0 Å². The van der Waals surface area contributed by atoms with Crippen LogP contribution < -0.4 is 0 Å². The monoisotopic (exact) mass is 242 g/mol. The van der Waals surface area contributed by atoms with Crippen LogP contribution in [0.4, 0.5) is 0 Å². The van der Waals surface area contributed by atoms with Gasteiger partial charge < -0.3 is 0 Å². The second-order valence-corrected chi connectivity index (χ2v) is 6.92. The fraction of sp³-hybridized carbons (Fsp3) is 0.182. The van der Waals surface area contributed by atoms with Gasteiger partial charge in [0.2, 0.25) is 0 Å². The first-order valence-corrected chi connectivity index (χ1v) is 7.42. The Morgan fingerprint density at radius 1 is 1.43 bits per heavy atom. The molecule has 2 aromatic rings.